The number of hydrogen-bond donors (Lipinski definition) is 2. The summed E-state index contributed by atoms with van der Waals surface area (Å²) >= 11 is 0.722. The number of benzene rings is 1. The second kappa shape index (κ2) is 8.89. The molecule has 3 N–H and O–H groups in total. The lowest BCUT2D eigenvalue weighted by Gasteiger charge is -2.25. The monoisotopic (exact) mass is 414 g/mol. The maximum absolute atomic E-state index is 12.4. The minimum atomic E-state index is -0.875. The molecule has 27 heavy (non-hydrogen) atoms. The number of nitro groups is 1. The zero-order chi connectivity index (χ0) is 19.5. The van der Waals surface area contributed by atoms with Crippen molar-refractivity contribution >= 4 is 45.8 Å². The number of aromatic nitrogens is 1. The smallest absolute Gasteiger partial charge is 0.345 e. The maximum atomic E-state index is 12.4. The van der Waals surface area contributed by atoms with Gasteiger partial charge >= 0.3 is 11.0 Å². The third-order valence-electron chi connectivity index (χ3n) is 3.42. The van der Waals surface area contributed by atoms with E-state index in [1.807, 2.05) is 0 Å². The lowest BCUT2D eigenvalue weighted by atomic mass is 9.87. The van der Waals surface area contributed by atoms with Crippen molar-refractivity contribution < 1.29 is 19.2 Å². The first kappa shape index (κ1) is 22.5. The zero-order valence-corrected chi connectivity index (χ0v) is 16.4. The zero-order valence-electron chi connectivity index (χ0n) is 14.8. The average Bonchev–Trinajstić information content (AvgIpc) is 3.02. The molecule has 1 aromatic heterocycles. The van der Waals surface area contributed by atoms with Gasteiger partial charge in [0.1, 0.15) is 18.0 Å². The lowest BCUT2D eigenvalue weighted by Crippen LogP contribution is -2.44. The standard InChI is InChI=1S/C16H18N4O5S.ClH/c1-16(2,3)12(17)14(22)25-10-7-5-4-6-9(10)13(21)19-15-18-8-11(26-15)20(23)24;/h4-8,12H,17H2,1-3H3,(H,18,19,21);1H. The van der Waals surface area contributed by atoms with Crippen LogP contribution in [-0.2, 0) is 4.79 Å². The summed E-state index contributed by atoms with van der Waals surface area (Å²) in [5, 5.41) is 13.0. The number of para-hydroxylation sites is 1. The third-order valence-corrected chi connectivity index (χ3v) is 4.29. The molecule has 0 bridgehead atoms. The number of rotatable bonds is 5. The number of esters is 1. The Morgan fingerprint density at radius 1 is 1.33 bits per heavy atom. The molecular weight excluding hydrogens is 396 g/mol. The number of nitrogens with one attached hydrogen (secondary N) is 1. The van der Waals surface area contributed by atoms with Gasteiger partial charge in [-0.15, -0.1) is 12.4 Å². The van der Waals surface area contributed by atoms with E-state index in [4.69, 9.17) is 10.5 Å². The van der Waals surface area contributed by atoms with E-state index in [0.29, 0.717) is 0 Å². The molecule has 0 aliphatic carbocycles. The van der Waals surface area contributed by atoms with Crippen LogP contribution in [0, 0.1) is 15.5 Å². The summed E-state index contributed by atoms with van der Waals surface area (Å²) in [6, 6.07) is 5.26. The van der Waals surface area contributed by atoms with Gasteiger partial charge in [-0.3, -0.25) is 20.2 Å². The van der Waals surface area contributed by atoms with Gasteiger partial charge in [0.2, 0.25) is 0 Å². The summed E-state index contributed by atoms with van der Waals surface area (Å²) in [6.07, 6.45) is 1.05. The quantitative estimate of drug-likeness (QED) is 0.332. The van der Waals surface area contributed by atoms with Gasteiger partial charge in [-0.2, -0.15) is 0 Å². The van der Waals surface area contributed by atoms with E-state index in [9.17, 15) is 19.7 Å². The van der Waals surface area contributed by atoms with Crippen LogP contribution in [0.3, 0.4) is 0 Å². The summed E-state index contributed by atoms with van der Waals surface area (Å²) in [6.45, 7) is 5.40. The third kappa shape index (κ3) is 5.71. The molecule has 1 atom stereocenters. The van der Waals surface area contributed by atoms with Gasteiger partial charge in [0, 0.05) is 0 Å². The molecule has 2 rings (SSSR count). The molecular formula is C16H19ClN4O5S. The molecule has 146 valence electrons. The summed E-state index contributed by atoms with van der Waals surface area (Å²) in [7, 11) is 0. The molecule has 2 aromatic rings. The second-order valence-corrected chi connectivity index (χ2v) is 7.48. The van der Waals surface area contributed by atoms with Gasteiger partial charge in [-0.05, 0) is 28.9 Å². The fourth-order valence-electron chi connectivity index (χ4n) is 1.84. The number of nitrogens with zero attached hydrogens (tertiary/aromatic N) is 2. The first-order chi connectivity index (χ1) is 12.1. The predicted molar refractivity (Wildman–Crippen MR) is 103 cm³/mol. The fraction of sp³-hybridized carbons (Fsp3) is 0.312. The molecule has 0 aliphatic rings. The highest BCUT2D eigenvalue weighted by Gasteiger charge is 2.30. The van der Waals surface area contributed by atoms with Crippen molar-refractivity contribution in [3.8, 4) is 5.75 Å². The van der Waals surface area contributed by atoms with Crippen LogP contribution in [0.4, 0.5) is 10.1 Å². The maximum Gasteiger partial charge on any atom is 0.345 e. The van der Waals surface area contributed by atoms with Crippen molar-refractivity contribution in [1.29, 1.82) is 0 Å². The van der Waals surface area contributed by atoms with Gasteiger partial charge in [0.15, 0.2) is 5.13 Å². The first-order valence-corrected chi connectivity index (χ1v) is 8.39. The molecule has 1 heterocycles. The summed E-state index contributed by atoms with van der Waals surface area (Å²) in [5.74, 6) is -1.23. The van der Waals surface area contributed by atoms with Crippen molar-refractivity contribution in [1.82, 2.24) is 4.98 Å². The number of amides is 1. The second-order valence-electron chi connectivity index (χ2n) is 6.48. The number of carbonyl (C=O) groups is 2. The summed E-state index contributed by atoms with van der Waals surface area (Å²) in [5.41, 5.74) is 5.45. The van der Waals surface area contributed by atoms with Crippen molar-refractivity contribution in [3.05, 3.63) is 46.1 Å². The van der Waals surface area contributed by atoms with Crippen LogP contribution in [0.2, 0.25) is 0 Å². The van der Waals surface area contributed by atoms with Gasteiger partial charge in [-0.25, -0.2) is 9.78 Å². The molecule has 1 unspecified atom stereocenters. The van der Waals surface area contributed by atoms with E-state index in [1.165, 1.54) is 12.1 Å². The van der Waals surface area contributed by atoms with E-state index in [2.05, 4.69) is 10.3 Å². The van der Waals surface area contributed by atoms with E-state index >= 15 is 0 Å². The summed E-state index contributed by atoms with van der Waals surface area (Å²) in [4.78, 5) is 38.5. The fourth-order valence-corrected chi connectivity index (χ4v) is 2.47. The number of hydrogen-bond acceptors (Lipinski definition) is 8. The van der Waals surface area contributed by atoms with Gasteiger partial charge in [0.05, 0.1) is 10.5 Å². The topological polar surface area (TPSA) is 137 Å². The Bertz CT molecular complexity index is 849. The molecule has 0 saturated heterocycles. The molecule has 9 nitrogen and oxygen atoms in total. The number of carbonyl (C=O) groups excluding carboxylic acids is 2. The Labute approximate surface area is 165 Å². The molecule has 0 fully saturated rings. The molecule has 1 aromatic carbocycles. The van der Waals surface area contributed by atoms with E-state index < -0.39 is 28.3 Å². The van der Waals surface area contributed by atoms with Crippen LogP contribution in [0.5, 0.6) is 5.75 Å². The Hall–Kier alpha value is -2.56. The Kier molecular flexibility index (Phi) is 7.40. The largest absolute Gasteiger partial charge is 0.425 e. The van der Waals surface area contributed by atoms with Crippen molar-refractivity contribution in [2.45, 2.75) is 26.8 Å². The van der Waals surface area contributed by atoms with Crippen molar-refractivity contribution in [2.24, 2.45) is 11.1 Å². The van der Waals surface area contributed by atoms with Gasteiger partial charge in [-0.1, -0.05) is 32.9 Å². The van der Waals surface area contributed by atoms with Crippen molar-refractivity contribution in [2.75, 3.05) is 5.32 Å². The van der Waals surface area contributed by atoms with Gasteiger partial charge < -0.3 is 10.5 Å². The van der Waals surface area contributed by atoms with Crippen LogP contribution in [-0.4, -0.2) is 27.8 Å². The molecule has 11 heteroatoms. The van der Waals surface area contributed by atoms with Crippen LogP contribution >= 0.6 is 23.7 Å². The first-order valence-electron chi connectivity index (χ1n) is 7.57. The number of ether oxygens (including phenoxy) is 1. The predicted octanol–water partition coefficient (Wildman–Crippen LogP) is 3.00. The molecule has 0 radical (unpaired) electrons. The normalized spacial score (nSPS) is 11.9. The van der Waals surface area contributed by atoms with Crippen molar-refractivity contribution in [3.63, 3.8) is 0 Å². The van der Waals surface area contributed by atoms with E-state index in [-0.39, 0.29) is 33.9 Å². The summed E-state index contributed by atoms with van der Waals surface area (Å²) < 4.78 is 5.29. The highest BCUT2D eigenvalue weighted by Crippen LogP contribution is 2.27. The number of anilines is 1. The highest BCUT2D eigenvalue weighted by molar-refractivity contribution is 7.18. The van der Waals surface area contributed by atoms with E-state index in [1.54, 1.807) is 32.9 Å². The lowest BCUT2D eigenvalue weighted by molar-refractivity contribution is -0.380. The van der Waals surface area contributed by atoms with Crippen LogP contribution in [0.1, 0.15) is 31.1 Å². The Balaban J connectivity index is 0.00000364. The Morgan fingerprint density at radius 2 is 1.96 bits per heavy atom. The van der Waals surface area contributed by atoms with Crippen LogP contribution in [0.25, 0.3) is 0 Å². The van der Waals surface area contributed by atoms with Gasteiger partial charge in [0.25, 0.3) is 5.91 Å². The number of thiazole rings is 1. The average molecular weight is 415 g/mol. The molecule has 1 amide bonds. The molecule has 0 aliphatic heterocycles. The minimum Gasteiger partial charge on any atom is -0.425 e. The van der Waals surface area contributed by atoms with Crippen LogP contribution in [0.15, 0.2) is 30.5 Å². The minimum absolute atomic E-state index is 0. The number of halogens is 1. The highest BCUT2D eigenvalue weighted by atomic mass is 35.5. The van der Waals surface area contributed by atoms with E-state index in [0.717, 1.165) is 17.5 Å². The SMILES string of the molecule is CC(C)(C)C(N)C(=O)Oc1ccccc1C(=O)Nc1ncc([N+](=O)[O-])s1.Cl. The molecule has 0 saturated carbocycles. The van der Waals surface area contributed by atoms with Crippen LogP contribution < -0.4 is 15.8 Å². The Morgan fingerprint density at radius 3 is 2.52 bits per heavy atom. The molecule has 0 spiro atoms. The number of nitrogens with two attached hydrogens (primary N) is 1.